The van der Waals surface area contributed by atoms with E-state index in [2.05, 4.69) is 32.6 Å². The van der Waals surface area contributed by atoms with Crippen LogP contribution in [0.5, 0.6) is 0 Å². The summed E-state index contributed by atoms with van der Waals surface area (Å²) in [5.41, 5.74) is 1.22. The lowest BCUT2D eigenvalue weighted by atomic mass is 10.0. The van der Waals surface area contributed by atoms with Crippen molar-refractivity contribution in [2.75, 3.05) is 6.54 Å². The van der Waals surface area contributed by atoms with Gasteiger partial charge in [-0.1, -0.05) is 29.8 Å². The zero-order valence-electron chi connectivity index (χ0n) is 11.8. The Morgan fingerprint density at radius 1 is 1.19 bits per heavy atom. The Balaban J connectivity index is 1.56. The van der Waals surface area contributed by atoms with Gasteiger partial charge in [0, 0.05) is 11.1 Å². The van der Waals surface area contributed by atoms with Crippen molar-refractivity contribution in [1.82, 2.24) is 25.1 Å². The molecule has 1 aliphatic heterocycles. The minimum absolute atomic E-state index is 0.378. The third-order valence-electron chi connectivity index (χ3n) is 4.43. The van der Waals surface area contributed by atoms with Gasteiger partial charge >= 0.3 is 0 Å². The average molecular weight is 304 g/mol. The van der Waals surface area contributed by atoms with Crippen LogP contribution in [0.15, 0.2) is 24.3 Å². The molecule has 2 fully saturated rings. The van der Waals surface area contributed by atoms with Gasteiger partial charge in [-0.25, -0.2) is 4.68 Å². The highest BCUT2D eigenvalue weighted by atomic mass is 35.5. The molecule has 1 saturated heterocycles. The first-order valence-electron chi connectivity index (χ1n) is 7.58. The summed E-state index contributed by atoms with van der Waals surface area (Å²) in [7, 11) is 0. The number of nitrogens with zero attached hydrogens (tertiary/aromatic N) is 5. The number of rotatable bonds is 4. The molecule has 6 heteroatoms. The van der Waals surface area contributed by atoms with E-state index >= 15 is 0 Å². The van der Waals surface area contributed by atoms with Crippen LogP contribution in [0.2, 0.25) is 5.02 Å². The van der Waals surface area contributed by atoms with Crippen LogP contribution < -0.4 is 0 Å². The number of aromatic nitrogens is 4. The standard InChI is InChI=1S/C15H18ClN5/c16-13-5-2-1-4-12(13)14-6-3-9-20(14)10-15-17-18-19-21(15)11-7-8-11/h1-2,4-5,11,14H,3,6-10H2/t14-/m1/s1. The number of benzene rings is 1. The van der Waals surface area contributed by atoms with E-state index in [1.165, 1.54) is 24.8 Å². The number of hydrogen-bond acceptors (Lipinski definition) is 4. The highest BCUT2D eigenvalue weighted by Crippen LogP contribution is 2.38. The van der Waals surface area contributed by atoms with E-state index in [4.69, 9.17) is 11.6 Å². The summed E-state index contributed by atoms with van der Waals surface area (Å²) in [5.74, 6) is 0.983. The van der Waals surface area contributed by atoms with Crippen molar-refractivity contribution in [3.63, 3.8) is 0 Å². The van der Waals surface area contributed by atoms with E-state index in [9.17, 15) is 0 Å². The third-order valence-corrected chi connectivity index (χ3v) is 4.77. The summed E-state index contributed by atoms with van der Waals surface area (Å²) in [5, 5.41) is 13.1. The van der Waals surface area contributed by atoms with Crippen molar-refractivity contribution in [2.45, 2.75) is 44.3 Å². The lowest BCUT2D eigenvalue weighted by Crippen LogP contribution is -2.25. The van der Waals surface area contributed by atoms with Crippen molar-refractivity contribution in [2.24, 2.45) is 0 Å². The maximum Gasteiger partial charge on any atom is 0.165 e. The molecule has 0 unspecified atom stereocenters. The van der Waals surface area contributed by atoms with Gasteiger partial charge in [0.25, 0.3) is 0 Å². The molecular formula is C15H18ClN5. The van der Waals surface area contributed by atoms with E-state index in [1.807, 2.05) is 16.8 Å². The van der Waals surface area contributed by atoms with E-state index in [0.717, 1.165) is 30.4 Å². The van der Waals surface area contributed by atoms with Crippen molar-refractivity contribution in [1.29, 1.82) is 0 Å². The summed E-state index contributed by atoms with van der Waals surface area (Å²) in [6, 6.07) is 9.06. The summed E-state index contributed by atoms with van der Waals surface area (Å²) in [4.78, 5) is 2.45. The monoisotopic (exact) mass is 303 g/mol. The molecule has 1 saturated carbocycles. The fourth-order valence-corrected chi connectivity index (χ4v) is 3.48. The number of hydrogen-bond donors (Lipinski definition) is 0. The maximum absolute atomic E-state index is 6.37. The normalized spacial score (nSPS) is 22.8. The van der Waals surface area contributed by atoms with Crippen LogP contribution in [0.1, 0.15) is 49.2 Å². The number of tetrazole rings is 1. The molecule has 0 N–H and O–H groups in total. The van der Waals surface area contributed by atoms with Gasteiger partial charge in [0.2, 0.25) is 0 Å². The molecule has 0 radical (unpaired) electrons. The van der Waals surface area contributed by atoms with Gasteiger partial charge in [0.05, 0.1) is 12.6 Å². The van der Waals surface area contributed by atoms with Gasteiger partial charge in [-0.3, -0.25) is 4.90 Å². The fraction of sp³-hybridized carbons (Fsp3) is 0.533. The molecule has 2 heterocycles. The van der Waals surface area contributed by atoms with Gasteiger partial charge < -0.3 is 0 Å². The molecule has 1 aromatic carbocycles. The molecule has 1 aliphatic carbocycles. The van der Waals surface area contributed by atoms with E-state index in [0.29, 0.717) is 12.1 Å². The lowest BCUT2D eigenvalue weighted by molar-refractivity contribution is 0.237. The van der Waals surface area contributed by atoms with Crippen molar-refractivity contribution >= 4 is 11.6 Å². The molecular weight excluding hydrogens is 286 g/mol. The minimum Gasteiger partial charge on any atom is -0.289 e. The van der Waals surface area contributed by atoms with Gasteiger partial charge in [-0.2, -0.15) is 0 Å². The summed E-state index contributed by atoms with van der Waals surface area (Å²) < 4.78 is 2.00. The fourth-order valence-electron chi connectivity index (χ4n) is 3.21. The molecule has 21 heavy (non-hydrogen) atoms. The largest absolute Gasteiger partial charge is 0.289 e. The highest BCUT2D eigenvalue weighted by Gasteiger charge is 2.32. The molecule has 0 bridgehead atoms. The van der Waals surface area contributed by atoms with Crippen LogP contribution >= 0.6 is 11.6 Å². The van der Waals surface area contributed by atoms with Crippen LogP contribution in [0, 0.1) is 0 Å². The second-order valence-electron chi connectivity index (χ2n) is 5.92. The van der Waals surface area contributed by atoms with Gasteiger partial charge in [-0.05, 0) is 54.3 Å². The van der Waals surface area contributed by atoms with E-state index < -0.39 is 0 Å². The molecule has 110 valence electrons. The Morgan fingerprint density at radius 2 is 2.05 bits per heavy atom. The van der Waals surface area contributed by atoms with Crippen LogP contribution in [-0.2, 0) is 6.54 Å². The zero-order chi connectivity index (χ0) is 14.2. The van der Waals surface area contributed by atoms with Crippen LogP contribution in [0.25, 0.3) is 0 Å². The van der Waals surface area contributed by atoms with Crippen molar-refractivity contribution in [3.8, 4) is 0 Å². The Kier molecular flexibility index (Phi) is 3.39. The van der Waals surface area contributed by atoms with Crippen LogP contribution in [-0.4, -0.2) is 31.7 Å². The highest BCUT2D eigenvalue weighted by molar-refractivity contribution is 6.31. The van der Waals surface area contributed by atoms with Gasteiger partial charge in [0.1, 0.15) is 0 Å². The summed E-state index contributed by atoms with van der Waals surface area (Å²) in [6.45, 7) is 1.88. The second-order valence-corrected chi connectivity index (χ2v) is 6.33. The zero-order valence-corrected chi connectivity index (χ0v) is 12.6. The Morgan fingerprint density at radius 3 is 2.86 bits per heavy atom. The maximum atomic E-state index is 6.37. The topological polar surface area (TPSA) is 46.8 Å². The average Bonchev–Trinajstić information content (AvgIpc) is 3.06. The minimum atomic E-state index is 0.378. The Hall–Kier alpha value is -1.46. The van der Waals surface area contributed by atoms with Gasteiger partial charge in [0.15, 0.2) is 5.82 Å². The molecule has 0 spiro atoms. The predicted octanol–water partition coefficient (Wildman–Crippen LogP) is 3.00. The van der Waals surface area contributed by atoms with Crippen molar-refractivity contribution < 1.29 is 0 Å². The molecule has 2 aromatic rings. The molecule has 0 amide bonds. The SMILES string of the molecule is Clc1ccccc1[C@H]1CCCN1Cc1nnnn1C1CC1. The number of halogens is 1. The molecule has 1 atom stereocenters. The third kappa shape index (κ3) is 2.56. The molecule has 5 nitrogen and oxygen atoms in total. The first-order chi connectivity index (χ1) is 10.3. The van der Waals surface area contributed by atoms with Crippen molar-refractivity contribution in [3.05, 3.63) is 40.7 Å². The predicted molar refractivity (Wildman–Crippen MR) is 79.9 cm³/mol. The smallest absolute Gasteiger partial charge is 0.165 e. The van der Waals surface area contributed by atoms with E-state index in [1.54, 1.807) is 0 Å². The van der Waals surface area contributed by atoms with Crippen LogP contribution in [0.4, 0.5) is 0 Å². The quantitative estimate of drug-likeness (QED) is 0.871. The molecule has 4 rings (SSSR count). The van der Waals surface area contributed by atoms with E-state index in [-0.39, 0.29) is 0 Å². The summed E-state index contributed by atoms with van der Waals surface area (Å²) in [6.07, 6.45) is 4.74. The molecule has 1 aromatic heterocycles. The van der Waals surface area contributed by atoms with Crippen LogP contribution in [0.3, 0.4) is 0 Å². The van der Waals surface area contributed by atoms with Gasteiger partial charge in [-0.15, -0.1) is 5.10 Å². The lowest BCUT2D eigenvalue weighted by Gasteiger charge is -2.25. The Bertz CT molecular complexity index is 636. The second kappa shape index (κ2) is 5.39. The summed E-state index contributed by atoms with van der Waals surface area (Å²) >= 11 is 6.37. The number of likely N-dealkylation sites (tertiary alicyclic amines) is 1. The first kappa shape index (κ1) is 13.2. The molecule has 2 aliphatic rings. The first-order valence-corrected chi connectivity index (χ1v) is 7.96. The Labute approximate surface area is 128 Å².